The average Bonchev–Trinajstić information content (AvgIpc) is 3.09. The van der Waals surface area contributed by atoms with Crippen LogP contribution < -0.4 is 16.2 Å². The molecule has 1 unspecified atom stereocenters. The van der Waals surface area contributed by atoms with Gasteiger partial charge in [-0.2, -0.15) is 0 Å². The zero-order valence-electron chi connectivity index (χ0n) is 9.77. The highest BCUT2D eigenvalue weighted by Gasteiger charge is 2.28. The Morgan fingerprint density at radius 3 is 2.61 bits per heavy atom. The normalized spacial score (nSPS) is 17.5. The summed E-state index contributed by atoms with van der Waals surface area (Å²) in [6.07, 6.45) is 2.24. The highest BCUT2D eigenvalue weighted by Crippen LogP contribution is 2.31. The van der Waals surface area contributed by atoms with Crippen molar-refractivity contribution in [2.45, 2.75) is 23.8 Å². The highest BCUT2D eigenvalue weighted by molar-refractivity contribution is 7.89. The topological polar surface area (TPSA) is 98.2 Å². The number of primary sulfonamides is 1. The Bertz CT molecular complexity index is 543. The van der Waals surface area contributed by atoms with E-state index >= 15 is 0 Å². The molecule has 1 saturated carbocycles. The second-order valence-corrected chi connectivity index (χ2v) is 6.13. The Balaban J connectivity index is 2.05. The van der Waals surface area contributed by atoms with Crippen molar-refractivity contribution in [3.8, 4) is 0 Å². The van der Waals surface area contributed by atoms with E-state index in [1.165, 1.54) is 12.1 Å². The summed E-state index contributed by atoms with van der Waals surface area (Å²) in [5, 5.41) is 7.79. The minimum Gasteiger partial charge on any atom is -0.381 e. The lowest BCUT2D eigenvalue weighted by Crippen LogP contribution is -2.31. The number of hydrogen-bond donors (Lipinski definition) is 3. The van der Waals surface area contributed by atoms with Crippen molar-refractivity contribution in [1.29, 1.82) is 0 Å². The van der Waals surface area contributed by atoms with Crippen LogP contribution in [0.4, 0.5) is 10.1 Å². The summed E-state index contributed by atoms with van der Waals surface area (Å²) in [6, 6.07) is 3.53. The van der Waals surface area contributed by atoms with Gasteiger partial charge in [0.1, 0.15) is 5.82 Å². The van der Waals surface area contributed by atoms with Gasteiger partial charge in [0.25, 0.3) is 0 Å². The predicted octanol–water partition coefficient (Wildman–Crippen LogP) is 0.622. The van der Waals surface area contributed by atoms with Gasteiger partial charge in [-0.1, -0.05) is 0 Å². The molecule has 1 aliphatic rings. The molecule has 1 aromatic carbocycles. The van der Waals surface area contributed by atoms with Crippen LogP contribution in [0.3, 0.4) is 0 Å². The zero-order valence-corrected chi connectivity index (χ0v) is 10.6. The van der Waals surface area contributed by atoms with Gasteiger partial charge in [-0.05, 0) is 37.0 Å². The third kappa shape index (κ3) is 3.18. The molecule has 0 radical (unpaired) electrons. The molecule has 1 aliphatic carbocycles. The lowest BCUT2D eigenvalue weighted by Gasteiger charge is -2.13. The largest absolute Gasteiger partial charge is 0.381 e. The van der Waals surface area contributed by atoms with Gasteiger partial charge in [0.05, 0.1) is 10.6 Å². The van der Waals surface area contributed by atoms with E-state index < -0.39 is 15.8 Å². The molecule has 0 spiro atoms. The second kappa shape index (κ2) is 4.83. The van der Waals surface area contributed by atoms with Gasteiger partial charge < -0.3 is 11.1 Å². The van der Waals surface area contributed by atoms with Gasteiger partial charge in [0.15, 0.2) is 0 Å². The Morgan fingerprint density at radius 1 is 1.44 bits per heavy atom. The van der Waals surface area contributed by atoms with E-state index in [9.17, 15) is 12.8 Å². The van der Waals surface area contributed by atoms with Gasteiger partial charge in [-0.3, -0.25) is 0 Å². The molecule has 1 fully saturated rings. The standard InChI is InChI=1S/C11H16FN3O2S/c12-9-5-8(18(14,16)17)3-4-11(9)15-6-10(13)7-1-2-7/h3-5,7,10,15H,1-2,6,13H2,(H2,14,16,17). The van der Waals surface area contributed by atoms with Gasteiger partial charge in [-0.15, -0.1) is 0 Å². The predicted molar refractivity (Wildman–Crippen MR) is 67.0 cm³/mol. The lowest BCUT2D eigenvalue weighted by atomic mass is 10.2. The summed E-state index contributed by atoms with van der Waals surface area (Å²) < 4.78 is 35.7. The number of rotatable bonds is 5. The fraction of sp³-hybridized carbons (Fsp3) is 0.455. The molecule has 0 amide bonds. The summed E-state index contributed by atoms with van der Waals surface area (Å²) in [5.41, 5.74) is 6.11. The molecular formula is C11H16FN3O2S. The summed E-state index contributed by atoms with van der Waals surface area (Å²) >= 11 is 0. The number of nitrogens with one attached hydrogen (secondary N) is 1. The smallest absolute Gasteiger partial charge is 0.238 e. The molecule has 0 aromatic heterocycles. The molecule has 100 valence electrons. The van der Waals surface area contributed by atoms with Crippen LogP contribution in [0, 0.1) is 11.7 Å². The minimum atomic E-state index is -3.87. The molecule has 0 saturated heterocycles. The molecule has 18 heavy (non-hydrogen) atoms. The minimum absolute atomic E-state index is 0.00215. The first-order valence-corrected chi connectivity index (χ1v) is 7.24. The Labute approximate surface area is 105 Å². The third-order valence-electron chi connectivity index (χ3n) is 3.02. The van der Waals surface area contributed by atoms with Crippen molar-refractivity contribution < 1.29 is 12.8 Å². The molecule has 1 atom stereocenters. The van der Waals surface area contributed by atoms with Crippen LogP contribution >= 0.6 is 0 Å². The molecule has 7 heteroatoms. The van der Waals surface area contributed by atoms with Crippen LogP contribution in [0.5, 0.6) is 0 Å². The van der Waals surface area contributed by atoms with Crippen molar-refractivity contribution in [2.24, 2.45) is 16.8 Å². The first kappa shape index (κ1) is 13.3. The van der Waals surface area contributed by atoms with E-state index in [-0.39, 0.29) is 16.6 Å². The fourth-order valence-electron chi connectivity index (χ4n) is 1.74. The molecule has 0 aliphatic heterocycles. The van der Waals surface area contributed by atoms with Crippen LogP contribution in [-0.4, -0.2) is 21.0 Å². The van der Waals surface area contributed by atoms with Crippen LogP contribution in [0.2, 0.25) is 0 Å². The average molecular weight is 273 g/mol. The van der Waals surface area contributed by atoms with E-state index in [4.69, 9.17) is 10.9 Å². The second-order valence-electron chi connectivity index (χ2n) is 4.57. The maximum atomic E-state index is 13.6. The van der Waals surface area contributed by atoms with E-state index in [1.807, 2.05) is 0 Å². The highest BCUT2D eigenvalue weighted by atomic mass is 32.2. The van der Waals surface area contributed by atoms with Gasteiger partial charge >= 0.3 is 0 Å². The molecule has 5 nitrogen and oxygen atoms in total. The summed E-state index contributed by atoms with van der Waals surface area (Å²) in [7, 11) is -3.87. The van der Waals surface area contributed by atoms with E-state index in [2.05, 4.69) is 5.32 Å². The molecule has 1 aromatic rings. The Kier molecular flexibility index (Phi) is 3.56. The number of anilines is 1. The van der Waals surface area contributed by atoms with Crippen molar-refractivity contribution in [1.82, 2.24) is 0 Å². The van der Waals surface area contributed by atoms with Crippen LogP contribution in [-0.2, 0) is 10.0 Å². The molecule has 2 rings (SSSR count). The molecule has 0 bridgehead atoms. The molecule has 0 heterocycles. The summed E-state index contributed by atoms with van der Waals surface area (Å²) in [5.74, 6) is -0.131. The Morgan fingerprint density at radius 2 is 2.11 bits per heavy atom. The SMILES string of the molecule is NC(CNc1ccc(S(N)(=O)=O)cc1F)C1CC1. The number of hydrogen-bond acceptors (Lipinski definition) is 4. The van der Waals surface area contributed by atoms with Gasteiger partial charge in [0, 0.05) is 12.6 Å². The summed E-state index contributed by atoms with van der Waals surface area (Å²) in [6.45, 7) is 0.469. The number of nitrogens with two attached hydrogens (primary N) is 2. The number of sulfonamides is 1. The number of halogens is 1. The van der Waals surface area contributed by atoms with Crippen molar-refractivity contribution in [3.63, 3.8) is 0 Å². The first-order chi connectivity index (χ1) is 8.38. The fourth-order valence-corrected chi connectivity index (χ4v) is 2.26. The third-order valence-corrected chi connectivity index (χ3v) is 3.94. The van der Waals surface area contributed by atoms with Crippen LogP contribution in [0.15, 0.2) is 23.1 Å². The zero-order chi connectivity index (χ0) is 13.3. The molecular weight excluding hydrogens is 257 g/mol. The van der Waals surface area contributed by atoms with Gasteiger partial charge in [-0.25, -0.2) is 17.9 Å². The first-order valence-electron chi connectivity index (χ1n) is 5.70. The van der Waals surface area contributed by atoms with E-state index in [1.54, 1.807) is 0 Å². The maximum Gasteiger partial charge on any atom is 0.238 e. The molecule has 5 N–H and O–H groups in total. The number of benzene rings is 1. The van der Waals surface area contributed by atoms with Crippen LogP contribution in [0.25, 0.3) is 0 Å². The lowest BCUT2D eigenvalue weighted by molar-refractivity contribution is 0.590. The van der Waals surface area contributed by atoms with Crippen molar-refractivity contribution in [2.75, 3.05) is 11.9 Å². The van der Waals surface area contributed by atoms with E-state index in [0.29, 0.717) is 12.5 Å². The van der Waals surface area contributed by atoms with Crippen LogP contribution in [0.1, 0.15) is 12.8 Å². The van der Waals surface area contributed by atoms with Crippen molar-refractivity contribution >= 4 is 15.7 Å². The van der Waals surface area contributed by atoms with E-state index in [0.717, 1.165) is 18.9 Å². The van der Waals surface area contributed by atoms with Gasteiger partial charge in [0.2, 0.25) is 10.0 Å². The Hall–Kier alpha value is -1.18. The van der Waals surface area contributed by atoms with Crippen molar-refractivity contribution in [3.05, 3.63) is 24.0 Å². The summed E-state index contributed by atoms with van der Waals surface area (Å²) in [4.78, 5) is -0.239. The maximum absolute atomic E-state index is 13.6. The monoisotopic (exact) mass is 273 g/mol. The quantitative estimate of drug-likeness (QED) is 0.732.